The number of oxazole rings is 1. The van der Waals surface area contributed by atoms with Crippen LogP contribution in [0.5, 0.6) is 5.75 Å². The summed E-state index contributed by atoms with van der Waals surface area (Å²) in [4.78, 5) is 17.1. The predicted molar refractivity (Wildman–Crippen MR) is 108 cm³/mol. The molecule has 8 heteroatoms. The lowest BCUT2D eigenvalue weighted by Crippen LogP contribution is -2.23. The number of para-hydroxylation sites is 2. The molecular formula is C21H17ClFN3O3. The van der Waals surface area contributed by atoms with Crippen LogP contribution in [0.15, 0.2) is 45.6 Å². The average Bonchev–Trinajstić information content (AvgIpc) is 3.11. The molecule has 29 heavy (non-hydrogen) atoms. The van der Waals surface area contributed by atoms with Crippen LogP contribution >= 0.6 is 11.6 Å². The van der Waals surface area contributed by atoms with Crippen molar-refractivity contribution in [1.82, 2.24) is 14.8 Å². The molecule has 4 aromatic rings. The van der Waals surface area contributed by atoms with Gasteiger partial charge in [0.1, 0.15) is 17.0 Å². The first kappa shape index (κ1) is 19.1. The highest BCUT2D eigenvalue weighted by atomic mass is 35.5. The van der Waals surface area contributed by atoms with Crippen molar-refractivity contribution in [2.45, 2.75) is 19.8 Å². The Morgan fingerprint density at radius 2 is 1.93 bits per heavy atom. The number of hydrogen-bond acceptors (Lipinski definition) is 5. The van der Waals surface area contributed by atoms with E-state index in [9.17, 15) is 14.3 Å². The molecule has 2 aromatic carbocycles. The zero-order valence-corrected chi connectivity index (χ0v) is 16.5. The van der Waals surface area contributed by atoms with Crippen molar-refractivity contribution in [3.05, 3.63) is 74.7 Å². The van der Waals surface area contributed by atoms with Gasteiger partial charge in [0.2, 0.25) is 0 Å². The van der Waals surface area contributed by atoms with Gasteiger partial charge in [0.15, 0.2) is 17.2 Å². The van der Waals surface area contributed by atoms with E-state index in [4.69, 9.17) is 16.0 Å². The van der Waals surface area contributed by atoms with Crippen LogP contribution in [0.2, 0.25) is 5.02 Å². The maximum absolute atomic E-state index is 14.9. The third-order valence-corrected chi connectivity index (χ3v) is 5.12. The van der Waals surface area contributed by atoms with E-state index >= 15 is 0 Å². The monoisotopic (exact) mass is 413 g/mol. The molecule has 6 nitrogen and oxygen atoms in total. The highest BCUT2D eigenvalue weighted by Crippen LogP contribution is 2.36. The number of nitrogens with zero attached hydrogens (tertiary/aromatic N) is 3. The fourth-order valence-electron chi connectivity index (χ4n) is 3.35. The Balaban J connectivity index is 1.81. The summed E-state index contributed by atoms with van der Waals surface area (Å²) in [6.07, 6.45) is 0.610. The van der Waals surface area contributed by atoms with Gasteiger partial charge in [0.25, 0.3) is 5.56 Å². The second-order valence-corrected chi connectivity index (χ2v) is 7.10. The predicted octanol–water partition coefficient (Wildman–Crippen LogP) is 4.18. The van der Waals surface area contributed by atoms with Crippen molar-refractivity contribution in [3.8, 4) is 16.9 Å². The van der Waals surface area contributed by atoms with Crippen LogP contribution < -0.4 is 5.56 Å². The van der Waals surface area contributed by atoms with Crippen LogP contribution in [0.25, 0.3) is 22.2 Å². The van der Waals surface area contributed by atoms with Gasteiger partial charge in [-0.25, -0.2) is 14.1 Å². The topological polar surface area (TPSA) is 81.2 Å². The number of fused-ring (bicyclic) bond motifs is 1. The summed E-state index contributed by atoms with van der Waals surface area (Å²) in [6.45, 7) is 1.54. The molecule has 0 saturated heterocycles. The lowest BCUT2D eigenvalue weighted by Gasteiger charge is -2.15. The van der Waals surface area contributed by atoms with Gasteiger partial charge in [-0.15, -0.1) is 0 Å². The minimum Gasteiger partial charge on any atom is -0.505 e. The molecule has 1 N–H and O–H groups in total. The van der Waals surface area contributed by atoms with E-state index in [0.29, 0.717) is 23.5 Å². The minimum absolute atomic E-state index is 0.0304. The Labute approximate surface area is 170 Å². The van der Waals surface area contributed by atoms with Crippen LogP contribution in [0, 0.1) is 12.7 Å². The molecule has 0 aliphatic rings. The number of benzene rings is 2. The molecule has 2 heterocycles. The number of rotatable bonds is 4. The summed E-state index contributed by atoms with van der Waals surface area (Å²) in [5, 5.41) is 14.7. The lowest BCUT2D eigenvalue weighted by atomic mass is 9.95. The van der Waals surface area contributed by atoms with Crippen LogP contribution in [0.1, 0.15) is 17.1 Å². The van der Waals surface area contributed by atoms with E-state index in [1.165, 1.54) is 19.2 Å². The molecule has 2 aromatic heterocycles. The fourth-order valence-corrected chi connectivity index (χ4v) is 3.61. The summed E-state index contributed by atoms with van der Waals surface area (Å²) in [7, 11) is 1.44. The molecule has 0 spiro atoms. The molecule has 0 unspecified atom stereocenters. The first-order chi connectivity index (χ1) is 13.9. The highest BCUT2D eigenvalue weighted by Gasteiger charge is 2.23. The Bertz CT molecular complexity index is 1260. The van der Waals surface area contributed by atoms with E-state index in [1.54, 1.807) is 6.92 Å². The Hall–Kier alpha value is -3.19. The smallest absolute Gasteiger partial charge is 0.278 e. The summed E-state index contributed by atoms with van der Waals surface area (Å²) in [6, 6.07) is 9.97. The van der Waals surface area contributed by atoms with Crippen LogP contribution in [-0.2, 0) is 19.9 Å². The number of aromatic nitrogens is 3. The van der Waals surface area contributed by atoms with Crippen molar-refractivity contribution >= 4 is 22.7 Å². The SMILES string of the molecule is Cc1nn(C)c(=O)c(-c2c(F)ccc(Cl)c2CCc2nc3ccccc3o2)c1O. The van der Waals surface area contributed by atoms with E-state index in [-0.39, 0.29) is 34.0 Å². The quantitative estimate of drug-likeness (QED) is 0.542. The Morgan fingerprint density at radius 1 is 1.17 bits per heavy atom. The van der Waals surface area contributed by atoms with Gasteiger partial charge < -0.3 is 9.52 Å². The number of hydrogen-bond donors (Lipinski definition) is 1. The largest absolute Gasteiger partial charge is 0.505 e. The van der Waals surface area contributed by atoms with E-state index in [1.807, 2.05) is 24.3 Å². The molecular weight excluding hydrogens is 397 g/mol. The van der Waals surface area contributed by atoms with E-state index in [2.05, 4.69) is 10.1 Å². The van der Waals surface area contributed by atoms with Crippen molar-refractivity contribution < 1.29 is 13.9 Å². The summed E-state index contributed by atoms with van der Waals surface area (Å²) >= 11 is 6.36. The lowest BCUT2D eigenvalue weighted by molar-refractivity contribution is 0.459. The highest BCUT2D eigenvalue weighted by molar-refractivity contribution is 6.31. The molecule has 0 bridgehead atoms. The zero-order valence-electron chi connectivity index (χ0n) is 15.7. The first-order valence-electron chi connectivity index (χ1n) is 8.95. The van der Waals surface area contributed by atoms with Crippen molar-refractivity contribution in [1.29, 1.82) is 0 Å². The zero-order chi connectivity index (χ0) is 20.7. The van der Waals surface area contributed by atoms with Crippen LogP contribution in [-0.4, -0.2) is 19.9 Å². The molecule has 0 amide bonds. The molecule has 0 aliphatic heterocycles. The first-order valence-corrected chi connectivity index (χ1v) is 9.33. The van der Waals surface area contributed by atoms with Gasteiger partial charge in [-0.05, 0) is 43.2 Å². The fraction of sp³-hybridized carbons (Fsp3) is 0.190. The van der Waals surface area contributed by atoms with Crippen LogP contribution in [0.3, 0.4) is 0 Å². The van der Waals surface area contributed by atoms with Gasteiger partial charge in [-0.1, -0.05) is 23.7 Å². The normalized spacial score (nSPS) is 11.3. The van der Waals surface area contributed by atoms with Gasteiger partial charge >= 0.3 is 0 Å². The Kier molecular flexibility index (Phi) is 4.84. The molecule has 0 aliphatic carbocycles. The van der Waals surface area contributed by atoms with Gasteiger partial charge in [-0.2, -0.15) is 5.10 Å². The average molecular weight is 414 g/mol. The number of aryl methyl sites for hydroxylation is 3. The van der Waals surface area contributed by atoms with Crippen LogP contribution in [0.4, 0.5) is 4.39 Å². The number of aromatic hydroxyl groups is 1. The third kappa shape index (κ3) is 3.38. The summed E-state index contributed by atoms with van der Waals surface area (Å²) in [5.74, 6) is -0.544. The third-order valence-electron chi connectivity index (χ3n) is 4.77. The Morgan fingerprint density at radius 3 is 2.69 bits per heavy atom. The van der Waals surface area contributed by atoms with Gasteiger partial charge in [-0.3, -0.25) is 4.79 Å². The molecule has 0 atom stereocenters. The standard InChI is InChI=1S/C21H17ClFN3O3/c1-11-20(27)19(21(28)26(2)25-11)18-12(13(22)8-9-14(18)23)7-10-17-24-15-5-3-4-6-16(15)29-17/h3-6,8-9,27H,7,10H2,1-2H3. The van der Waals surface area contributed by atoms with Gasteiger partial charge in [0, 0.05) is 24.1 Å². The summed E-state index contributed by atoms with van der Waals surface area (Å²) in [5.41, 5.74) is 1.19. The number of halogens is 2. The molecule has 148 valence electrons. The maximum Gasteiger partial charge on any atom is 0.278 e. The second-order valence-electron chi connectivity index (χ2n) is 6.70. The molecule has 0 fully saturated rings. The van der Waals surface area contributed by atoms with Crippen molar-refractivity contribution in [3.63, 3.8) is 0 Å². The molecule has 0 saturated carbocycles. The minimum atomic E-state index is -0.653. The van der Waals surface area contributed by atoms with Crippen molar-refractivity contribution in [2.75, 3.05) is 0 Å². The molecule has 0 radical (unpaired) electrons. The molecule has 4 rings (SSSR count). The van der Waals surface area contributed by atoms with E-state index in [0.717, 1.165) is 10.2 Å². The second kappa shape index (κ2) is 7.33. The maximum atomic E-state index is 14.9. The van der Waals surface area contributed by atoms with E-state index < -0.39 is 11.4 Å². The van der Waals surface area contributed by atoms with Gasteiger partial charge in [0.05, 0.1) is 5.56 Å². The van der Waals surface area contributed by atoms with Crippen molar-refractivity contribution in [2.24, 2.45) is 7.05 Å². The summed E-state index contributed by atoms with van der Waals surface area (Å²) < 4.78 is 21.6.